The minimum absolute atomic E-state index is 0.0227. The Balaban J connectivity index is 2.19. The number of nitriles is 1. The van der Waals surface area contributed by atoms with Crippen molar-refractivity contribution in [2.45, 2.75) is 19.4 Å². The normalized spacial score (nSPS) is 11.8. The third-order valence-corrected chi connectivity index (χ3v) is 2.93. The first-order valence-corrected chi connectivity index (χ1v) is 5.90. The zero-order valence-corrected chi connectivity index (χ0v) is 10.6. The van der Waals surface area contributed by atoms with Crippen molar-refractivity contribution in [2.24, 2.45) is 7.05 Å². The highest BCUT2D eigenvalue weighted by atomic mass is 15.3. The molecule has 1 aromatic heterocycles. The van der Waals surface area contributed by atoms with Crippen LogP contribution in [0, 0.1) is 18.3 Å². The van der Waals surface area contributed by atoms with Crippen LogP contribution in [0.3, 0.4) is 0 Å². The number of benzene rings is 1. The van der Waals surface area contributed by atoms with E-state index in [1.165, 1.54) is 0 Å². The molecule has 1 heterocycles. The Morgan fingerprint density at radius 3 is 2.67 bits per heavy atom. The Bertz CT molecular complexity index is 531. The molecule has 4 nitrogen and oxygen atoms in total. The minimum Gasteiger partial charge on any atom is -0.361 e. The molecular formula is C14H16N4. The summed E-state index contributed by atoms with van der Waals surface area (Å²) in [6.45, 7) is 2.00. The average molecular weight is 240 g/mol. The van der Waals surface area contributed by atoms with Gasteiger partial charge in [0.15, 0.2) is 0 Å². The maximum Gasteiger partial charge on any atom is 0.148 e. The van der Waals surface area contributed by atoms with E-state index in [2.05, 4.69) is 16.5 Å². The van der Waals surface area contributed by atoms with Gasteiger partial charge in [-0.05, 0) is 12.5 Å². The number of nitrogens with zero attached hydrogens (tertiary/aromatic N) is 3. The van der Waals surface area contributed by atoms with Gasteiger partial charge in [0.1, 0.15) is 5.82 Å². The van der Waals surface area contributed by atoms with Crippen molar-refractivity contribution in [1.82, 2.24) is 9.78 Å². The van der Waals surface area contributed by atoms with Crippen molar-refractivity contribution < 1.29 is 0 Å². The molecule has 4 heteroatoms. The predicted molar refractivity (Wildman–Crippen MR) is 71.0 cm³/mol. The summed E-state index contributed by atoms with van der Waals surface area (Å²) < 4.78 is 1.82. The molecule has 1 unspecified atom stereocenters. The van der Waals surface area contributed by atoms with E-state index < -0.39 is 0 Å². The van der Waals surface area contributed by atoms with Crippen LogP contribution in [-0.4, -0.2) is 9.78 Å². The highest BCUT2D eigenvalue weighted by Crippen LogP contribution is 2.21. The number of anilines is 1. The quantitative estimate of drug-likeness (QED) is 0.894. The van der Waals surface area contributed by atoms with Gasteiger partial charge < -0.3 is 5.32 Å². The molecule has 1 aromatic carbocycles. The zero-order valence-electron chi connectivity index (χ0n) is 10.6. The van der Waals surface area contributed by atoms with Gasteiger partial charge >= 0.3 is 0 Å². The zero-order chi connectivity index (χ0) is 13.0. The number of hydrogen-bond acceptors (Lipinski definition) is 3. The average Bonchev–Trinajstić information content (AvgIpc) is 2.69. The maximum atomic E-state index is 8.92. The van der Waals surface area contributed by atoms with Crippen LogP contribution in [0.15, 0.2) is 36.4 Å². The van der Waals surface area contributed by atoms with E-state index in [4.69, 9.17) is 5.26 Å². The van der Waals surface area contributed by atoms with Crippen LogP contribution in [0.4, 0.5) is 5.82 Å². The summed E-state index contributed by atoms with van der Waals surface area (Å²) in [4.78, 5) is 0. The second-order valence-corrected chi connectivity index (χ2v) is 4.26. The standard InChI is InChI=1S/C14H16N4/c1-11-10-14(17-18(11)2)16-13(8-9-15)12-6-4-3-5-7-12/h3-7,10,13H,8H2,1-2H3,(H,16,17). The number of nitrogens with one attached hydrogen (secondary N) is 1. The molecule has 0 saturated heterocycles. The Kier molecular flexibility index (Phi) is 3.63. The third kappa shape index (κ3) is 2.69. The van der Waals surface area contributed by atoms with Crippen LogP contribution in [-0.2, 0) is 7.05 Å². The lowest BCUT2D eigenvalue weighted by atomic mass is 10.0. The van der Waals surface area contributed by atoms with E-state index in [1.54, 1.807) is 0 Å². The second-order valence-electron chi connectivity index (χ2n) is 4.26. The van der Waals surface area contributed by atoms with Gasteiger partial charge in [-0.3, -0.25) is 4.68 Å². The Morgan fingerprint density at radius 1 is 1.39 bits per heavy atom. The highest BCUT2D eigenvalue weighted by Gasteiger charge is 2.12. The number of rotatable bonds is 4. The van der Waals surface area contributed by atoms with Crippen molar-refractivity contribution in [2.75, 3.05) is 5.32 Å². The lowest BCUT2D eigenvalue weighted by Gasteiger charge is -2.15. The van der Waals surface area contributed by atoms with Crippen LogP contribution in [0.1, 0.15) is 23.7 Å². The maximum absolute atomic E-state index is 8.92. The van der Waals surface area contributed by atoms with Gasteiger partial charge in [0, 0.05) is 18.8 Å². The van der Waals surface area contributed by atoms with Crippen LogP contribution >= 0.6 is 0 Å². The summed E-state index contributed by atoms with van der Waals surface area (Å²) in [5.74, 6) is 0.805. The first kappa shape index (κ1) is 12.2. The molecule has 18 heavy (non-hydrogen) atoms. The monoisotopic (exact) mass is 240 g/mol. The fourth-order valence-electron chi connectivity index (χ4n) is 1.84. The van der Waals surface area contributed by atoms with Gasteiger partial charge in [-0.2, -0.15) is 10.4 Å². The third-order valence-electron chi connectivity index (χ3n) is 2.93. The molecule has 0 aliphatic heterocycles. The minimum atomic E-state index is -0.0227. The van der Waals surface area contributed by atoms with Gasteiger partial charge in [-0.1, -0.05) is 30.3 Å². The SMILES string of the molecule is Cc1cc(NC(CC#N)c2ccccc2)nn1C. The number of hydrogen-bond donors (Lipinski definition) is 1. The lowest BCUT2D eigenvalue weighted by molar-refractivity contribution is 0.729. The van der Waals surface area contributed by atoms with E-state index in [-0.39, 0.29) is 6.04 Å². The molecule has 0 amide bonds. The van der Waals surface area contributed by atoms with Crippen LogP contribution in [0.2, 0.25) is 0 Å². The summed E-state index contributed by atoms with van der Waals surface area (Å²) in [6.07, 6.45) is 0.416. The molecule has 1 atom stereocenters. The van der Waals surface area contributed by atoms with Gasteiger partial charge in [0.05, 0.1) is 18.5 Å². The fourth-order valence-corrected chi connectivity index (χ4v) is 1.84. The molecule has 0 aliphatic carbocycles. The van der Waals surface area contributed by atoms with Gasteiger partial charge in [-0.15, -0.1) is 0 Å². The molecule has 1 N–H and O–H groups in total. The topological polar surface area (TPSA) is 53.6 Å². The molecule has 0 radical (unpaired) electrons. The summed E-state index contributed by atoms with van der Waals surface area (Å²) in [6, 6.07) is 14.1. The van der Waals surface area contributed by atoms with Crippen molar-refractivity contribution in [3.63, 3.8) is 0 Å². The van der Waals surface area contributed by atoms with Gasteiger partial charge in [0.2, 0.25) is 0 Å². The molecule has 0 fully saturated rings. The number of aromatic nitrogens is 2. The Labute approximate surface area is 107 Å². The van der Waals surface area contributed by atoms with E-state index in [0.717, 1.165) is 17.1 Å². The van der Waals surface area contributed by atoms with Crippen LogP contribution in [0.5, 0.6) is 0 Å². The molecule has 2 aromatic rings. The summed E-state index contributed by atoms with van der Waals surface area (Å²) >= 11 is 0. The Morgan fingerprint density at radius 2 is 2.11 bits per heavy atom. The summed E-state index contributed by atoms with van der Waals surface area (Å²) in [5.41, 5.74) is 2.18. The molecular weight excluding hydrogens is 224 g/mol. The summed E-state index contributed by atoms with van der Waals surface area (Å²) in [7, 11) is 1.91. The number of aryl methyl sites for hydroxylation is 2. The second kappa shape index (κ2) is 5.37. The molecule has 92 valence electrons. The molecule has 0 spiro atoms. The van der Waals surface area contributed by atoms with Crippen molar-refractivity contribution in [3.8, 4) is 6.07 Å². The van der Waals surface area contributed by atoms with E-state index in [0.29, 0.717) is 6.42 Å². The smallest absolute Gasteiger partial charge is 0.148 e. The molecule has 0 saturated carbocycles. The van der Waals surface area contributed by atoms with Gasteiger partial charge in [0.25, 0.3) is 0 Å². The first-order valence-electron chi connectivity index (χ1n) is 5.90. The summed E-state index contributed by atoms with van der Waals surface area (Å²) in [5, 5.41) is 16.6. The molecule has 0 aliphatic rings. The van der Waals surface area contributed by atoms with E-state index >= 15 is 0 Å². The largest absolute Gasteiger partial charge is 0.361 e. The van der Waals surface area contributed by atoms with Gasteiger partial charge in [-0.25, -0.2) is 0 Å². The van der Waals surface area contributed by atoms with E-state index in [9.17, 15) is 0 Å². The highest BCUT2D eigenvalue weighted by molar-refractivity contribution is 5.39. The van der Waals surface area contributed by atoms with Crippen molar-refractivity contribution in [3.05, 3.63) is 47.7 Å². The first-order chi connectivity index (χ1) is 8.70. The molecule has 2 rings (SSSR count). The van der Waals surface area contributed by atoms with Crippen molar-refractivity contribution >= 4 is 5.82 Å². The van der Waals surface area contributed by atoms with Crippen molar-refractivity contribution in [1.29, 1.82) is 5.26 Å². The Hall–Kier alpha value is -2.28. The van der Waals surface area contributed by atoms with E-state index in [1.807, 2.05) is 55.1 Å². The predicted octanol–water partition coefficient (Wildman–Crippen LogP) is 2.80. The fraction of sp³-hybridized carbons (Fsp3) is 0.286. The molecule has 0 bridgehead atoms. The lowest BCUT2D eigenvalue weighted by Crippen LogP contribution is -2.10. The van der Waals surface area contributed by atoms with Crippen LogP contribution < -0.4 is 5.32 Å². The van der Waals surface area contributed by atoms with Crippen LogP contribution in [0.25, 0.3) is 0 Å².